The number of amides is 1. The molecule has 1 amide bonds. The molecule has 1 aliphatic heterocycles. The number of benzene rings is 1. The van der Waals surface area contributed by atoms with Crippen molar-refractivity contribution in [2.75, 3.05) is 20.2 Å². The lowest BCUT2D eigenvalue weighted by Gasteiger charge is -2.32. The van der Waals surface area contributed by atoms with Gasteiger partial charge in [-0.1, -0.05) is 30.3 Å². The van der Waals surface area contributed by atoms with E-state index in [1.165, 1.54) is 7.11 Å². The number of ether oxygens (including phenoxy) is 2. The van der Waals surface area contributed by atoms with E-state index in [1.807, 2.05) is 30.3 Å². The highest BCUT2D eigenvalue weighted by atomic mass is 35.5. The van der Waals surface area contributed by atoms with Crippen molar-refractivity contribution < 1.29 is 19.1 Å². The highest BCUT2D eigenvalue weighted by Gasteiger charge is 2.27. The van der Waals surface area contributed by atoms with Gasteiger partial charge in [-0.15, -0.1) is 12.4 Å². The van der Waals surface area contributed by atoms with E-state index in [-0.39, 0.29) is 31.1 Å². The van der Waals surface area contributed by atoms with Gasteiger partial charge in [-0.25, -0.2) is 4.79 Å². The molecule has 1 heterocycles. The summed E-state index contributed by atoms with van der Waals surface area (Å²) in [6, 6.07) is 9.02. The molecule has 2 rings (SSSR count). The average molecular weight is 357 g/mol. The first-order valence-corrected chi connectivity index (χ1v) is 7.89. The Morgan fingerprint density at radius 1 is 1.25 bits per heavy atom. The third-order valence-electron chi connectivity index (χ3n) is 4.17. The zero-order chi connectivity index (χ0) is 16.7. The second kappa shape index (κ2) is 10.2. The summed E-state index contributed by atoms with van der Waals surface area (Å²) in [7, 11) is 1.34. The Morgan fingerprint density at radius 3 is 2.46 bits per heavy atom. The molecular weight excluding hydrogens is 332 g/mol. The number of carbonyl (C=O) groups excluding carboxylic acids is 2. The summed E-state index contributed by atoms with van der Waals surface area (Å²) < 4.78 is 9.97. The maximum absolute atomic E-state index is 12.1. The average Bonchev–Trinajstić information content (AvgIpc) is 2.60. The molecule has 1 saturated heterocycles. The predicted octanol–water partition coefficient (Wildman–Crippen LogP) is 2.35. The SMILES string of the molecule is COC(=O)C(N)CC1CCN(C(=O)OCc2ccccc2)CC1.Cl. The van der Waals surface area contributed by atoms with E-state index in [9.17, 15) is 9.59 Å². The lowest BCUT2D eigenvalue weighted by molar-refractivity contribution is -0.142. The number of piperidine rings is 1. The molecule has 0 saturated carbocycles. The Labute approximate surface area is 148 Å². The number of nitrogens with two attached hydrogens (primary N) is 1. The summed E-state index contributed by atoms with van der Waals surface area (Å²) in [5.41, 5.74) is 6.76. The molecule has 24 heavy (non-hydrogen) atoms. The van der Waals surface area contributed by atoms with Crippen molar-refractivity contribution in [1.29, 1.82) is 0 Å². The fourth-order valence-corrected chi connectivity index (χ4v) is 2.77. The Kier molecular flexibility index (Phi) is 8.57. The minimum absolute atomic E-state index is 0. The predicted molar refractivity (Wildman–Crippen MR) is 92.8 cm³/mol. The Morgan fingerprint density at radius 2 is 1.88 bits per heavy atom. The fourth-order valence-electron chi connectivity index (χ4n) is 2.77. The molecule has 1 aromatic rings. The van der Waals surface area contributed by atoms with Crippen molar-refractivity contribution in [1.82, 2.24) is 4.90 Å². The van der Waals surface area contributed by atoms with Crippen LogP contribution < -0.4 is 5.73 Å². The molecule has 6 nitrogen and oxygen atoms in total. The molecule has 0 aliphatic carbocycles. The van der Waals surface area contributed by atoms with Crippen LogP contribution in [0, 0.1) is 5.92 Å². The number of likely N-dealkylation sites (tertiary alicyclic amines) is 1. The first-order chi connectivity index (χ1) is 11.1. The van der Waals surface area contributed by atoms with Gasteiger partial charge in [0.05, 0.1) is 7.11 Å². The van der Waals surface area contributed by atoms with Crippen LogP contribution in [0.1, 0.15) is 24.8 Å². The van der Waals surface area contributed by atoms with Gasteiger partial charge in [0.1, 0.15) is 12.6 Å². The number of methoxy groups -OCH3 is 1. The number of carbonyl (C=O) groups is 2. The van der Waals surface area contributed by atoms with Gasteiger partial charge in [0.15, 0.2) is 0 Å². The monoisotopic (exact) mass is 356 g/mol. The van der Waals surface area contributed by atoms with Gasteiger partial charge in [0, 0.05) is 13.1 Å². The number of esters is 1. The first-order valence-electron chi connectivity index (χ1n) is 7.89. The topological polar surface area (TPSA) is 81.9 Å². The van der Waals surface area contributed by atoms with Crippen LogP contribution in [0.5, 0.6) is 0 Å². The van der Waals surface area contributed by atoms with Crippen molar-refractivity contribution in [2.45, 2.75) is 31.9 Å². The number of hydrogen-bond acceptors (Lipinski definition) is 5. The largest absolute Gasteiger partial charge is 0.468 e. The minimum atomic E-state index is -0.582. The maximum Gasteiger partial charge on any atom is 0.410 e. The molecule has 2 N–H and O–H groups in total. The zero-order valence-corrected chi connectivity index (χ0v) is 14.7. The second-order valence-electron chi connectivity index (χ2n) is 5.84. The molecule has 1 atom stereocenters. The minimum Gasteiger partial charge on any atom is -0.468 e. The van der Waals surface area contributed by atoms with Crippen LogP contribution in [0.3, 0.4) is 0 Å². The van der Waals surface area contributed by atoms with E-state index in [2.05, 4.69) is 4.74 Å². The van der Waals surface area contributed by atoms with Gasteiger partial charge >= 0.3 is 12.1 Å². The summed E-state index contributed by atoms with van der Waals surface area (Å²) in [4.78, 5) is 25.1. The first kappa shape index (κ1) is 20.3. The van der Waals surface area contributed by atoms with Gasteiger partial charge < -0.3 is 20.1 Å². The van der Waals surface area contributed by atoms with E-state index in [0.717, 1.165) is 18.4 Å². The molecule has 0 spiro atoms. The van der Waals surface area contributed by atoms with Crippen molar-refractivity contribution in [2.24, 2.45) is 11.7 Å². The summed E-state index contributed by atoms with van der Waals surface area (Å²) in [6.45, 7) is 1.55. The molecule has 1 unspecified atom stereocenters. The van der Waals surface area contributed by atoms with Crippen LogP contribution in [0.15, 0.2) is 30.3 Å². The van der Waals surface area contributed by atoms with E-state index >= 15 is 0 Å². The van der Waals surface area contributed by atoms with Gasteiger partial charge in [0.25, 0.3) is 0 Å². The van der Waals surface area contributed by atoms with Crippen LogP contribution in [-0.2, 0) is 20.9 Å². The molecule has 7 heteroatoms. The normalized spacial score (nSPS) is 16.0. The van der Waals surface area contributed by atoms with E-state index in [0.29, 0.717) is 25.4 Å². The lowest BCUT2D eigenvalue weighted by Crippen LogP contribution is -2.41. The highest BCUT2D eigenvalue weighted by Crippen LogP contribution is 2.22. The van der Waals surface area contributed by atoms with Crippen molar-refractivity contribution in [3.8, 4) is 0 Å². The molecular formula is C17H25ClN2O4. The zero-order valence-electron chi connectivity index (χ0n) is 13.8. The fraction of sp³-hybridized carbons (Fsp3) is 0.529. The van der Waals surface area contributed by atoms with Crippen LogP contribution in [-0.4, -0.2) is 43.2 Å². The highest BCUT2D eigenvalue weighted by molar-refractivity contribution is 5.85. The van der Waals surface area contributed by atoms with Crippen LogP contribution >= 0.6 is 12.4 Å². The van der Waals surface area contributed by atoms with Crippen LogP contribution in [0.4, 0.5) is 4.79 Å². The van der Waals surface area contributed by atoms with E-state index < -0.39 is 6.04 Å². The molecule has 1 aliphatic rings. The number of hydrogen-bond donors (Lipinski definition) is 1. The van der Waals surface area contributed by atoms with Gasteiger partial charge in [0.2, 0.25) is 0 Å². The molecule has 1 aromatic carbocycles. The number of nitrogens with zero attached hydrogens (tertiary/aromatic N) is 1. The number of rotatable bonds is 5. The smallest absolute Gasteiger partial charge is 0.410 e. The van der Waals surface area contributed by atoms with Crippen molar-refractivity contribution in [3.05, 3.63) is 35.9 Å². The van der Waals surface area contributed by atoms with Crippen molar-refractivity contribution in [3.63, 3.8) is 0 Å². The summed E-state index contributed by atoms with van der Waals surface area (Å²) in [6.07, 6.45) is 1.96. The quantitative estimate of drug-likeness (QED) is 0.819. The lowest BCUT2D eigenvalue weighted by atomic mass is 9.90. The Balaban J connectivity index is 0.00000288. The summed E-state index contributed by atoms with van der Waals surface area (Å²) in [5.74, 6) is -0.0445. The summed E-state index contributed by atoms with van der Waals surface area (Å²) in [5, 5.41) is 0. The number of halogens is 1. The van der Waals surface area contributed by atoms with Crippen molar-refractivity contribution >= 4 is 24.5 Å². The van der Waals surface area contributed by atoms with Gasteiger partial charge in [-0.3, -0.25) is 4.79 Å². The van der Waals surface area contributed by atoms with E-state index in [1.54, 1.807) is 4.90 Å². The van der Waals surface area contributed by atoms with Gasteiger partial charge in [-0.2, -0.15) is 0 Å². The maximum atomic E-state index is 12.1. The molecule has 1 fully saturated rings. The van der Waals surface area contributed by atoms with Crippen LogP contribution in [0.25, 0.3) is 0 Å². The third-order valence-corrected chi connectivity index (χ3v) is 4.17. The third kappa shape index (κ3) is 6.02. The van der Waals surface area contributed by atoms with E-state index in [4.69, 9.17) is 10.5 Å². The Bertz CT molecular complexity index is 519. The summed E-state index contributed by atoms with van der Waals surface area (Å²) >= 11 is 0. The molecule has 134 valence electrons. The standard InChI is InChI=1S/C17H24N2O4.ClH/c1-22-16(20)15(18)11-13-7-9-19(10-8-13)17(21)23-12-14-5-3-2-4-6-14;/h2-6,13,15H,7-12,18H2,1H3;1H. The molecule has 0 aromatic heterocycles. The Hall–Kier alpha value is -1.79. The molecule has 0 bridgehead atoms. The van der Waals surface area contributed by atoms with Crippen LogP contribution in [0.2, 0.25) is 0 Å². The molecule has 0 radical (unpaired) electrons. The van der Waals surface area contributed by atoms with Gasteiger partial charge in [-0.05, 0) is 30.7 Å². The second-order valence-corrected chi connectivity index (χ2v) is 5.84.